The molecule has 1 aromatic heterocycles. The molecular formula is C21H23FLiNO3S. The Kier molecular flexibility index (Phi) is 8.33. The monoisotopic (exact) mass is 395 g/mol. The molecule has 3 rings (SSSR count). The van der Waals surface area contributed by atoms with Crippen molar-refractivity contribution in [2.75, 3.05) is 26.7 Å². The first-order valence-electron chi connectivity index (χ1n) is 9.12. The fourth-order valence-electron chi connectivity index (χ4n) is 3.47. The van der Waals surface area contributed by atoms with Crippen LogP contribution in [-0.2, 0) is 4.74 Å². The van der Waals surface area contributed by atoms with Gasteiger partial charge in [-0.15, -0.1) is 11.3 Å². The second-order valence-corrected chi connectivity index (χ2v) is 7.71. The average molecular weight is 395 g/mol. The molecule has 1 saturated heterocycles. The standard InChI is InChI=1S/C21H24FNO3S.Li/c1-3-26-13-10-17-18(20(22)27-19(17)21(24)25)16-6-4-14(5-7-16)15-8-11-23(2)12-9-15;/h4-7,10,13,15H,3,8-9,11-12H2,1-2H3,(H,24,25);/q;+1/p-1/b13-10+;. The summed E-state index contributed by atoms with van der Waals surface area (Å²) in [7, 11) is 2.13. The van der Waals surface area contributed by atoms with Crippen LogP contribution in [0, 0.1) is 5.13 Å². The number of aromatic carboxylic acids is 1. The summed E-state index contributed by atoms with van der Waals surface area (Å²) in [5, 5.41) is 10.9. The third-order valence-electron chi connectivity index (χ3n) is 4.97. The summed E-state index contributed by atoms with van der Waals surface area (Å²) < 4.78 is 19.7. The molecular weight excluding hydrogens is 372 g/mol. The number of hydrogen-bond acceptors (Lipinski definition) is 5. The predicted octanol–water partition coefficient (Wildman–Crippen LogP) is 0.738. The summed E-state index contributed by atoms with van der Waals surface area (Å²) in [6.07, 6.45) is 5.11. The van der Waals surface area contributed by atoms with Gasteiger partial charge in [0.25, 0.3) is 0 Å². The van der Waals surface area contributed by atoms with Crippen LogP contribution in [0.15, 0.2) is 30.5 Å². The molecule has 0 saturated carbocycles. The number of thiophene rings is 1. The van der Waals surface area contributed by atoms with E-state index in [-0.39, 0.29) is 34.9 Å². The molecule has 28 heavy (non-hydrogen) atoms. The van der Waals surface area contributed by atoms with Crippen molar-refractivity contribution in [3.63, 3.8) is 0 Å². The molecule has 1 aliphatic rings. The maximum atomic E-state index is 14.6. The van der Waals surface area contributed by atoms with Crippen molar-refractivity contribution in [3.8, 4) is 11.1 Å². The van der Waals surface area contributed by atoms with Crippen LogP contribution in [0.2, 0.25) is 0 Å². The quantitative estimate of drug-likeness (QED) is 0.535. The zero-order valence-electron chi connectivity index (χ0n) is 16.5. The topological polar surface area (TPSA) is 52.6 Å². The van der Waals surface area contributed by atoms with Crippen molar-refractivity contribution >= 4 is 23.4 Å². The summed E-state index contributed by atoms with van der Waals surface area (Å²) in [6, 6.07) is 7.79. The van der Waals surface area contributed by atoms with E-state index in [2.05, 4.69) is 11.9 Å². The van der Waals surface area contributed by atoms with E-state index >= 15 is 0 Å². The molecule has 0 N–H and O–H groups in total. The number of rotatable bonds is 6. The maximum Gasteiger partial charge on any atom is 1.00 e. The number of likely N-dealkylation sites (tertiary alicyclic amines) is 1. The molecule has 4 nitrogen and oxygen atoms in total. The van der Waals surface area contributed by atoms with E-state index in [1.165, 1.54) is 17.9 Å². The third kappa shape index (κ3) is 5.06. The van der Waals surface area contributed by atoms with Crippen molar-refractivity contribution in [3.05, 3.63) is 51.7 Å². The van der Waals surface area contributed by atoms with Crippen LogP contribution >= 0.6 is 11.3 Å². The largest absolute Gasteiger partial charge is 1.00 e. The van der Waals surface area contributed by atoms with Gasteiger partial charge in [0.1, 0.15) is 0 Å². The van der Waals surface area contributed by atoms with Crippen molar-refractivity contribution < 1.29 is 37.9 Å². The number of halogens is 1. The number of nitrogens with zero attached hydrogens (tertiary/aromatic N) is 1. The molecule has 0 spiro atoms. The van der Waals surface area contributed by atoms with Gasteiger partial charge in [-0.1, -0.05) is 24.3 Å². The molecule has 2 heterocycles. The first-order valence-corrected chi connectivity index (χ1v) is 9.93. The van der Waals surface area contributed by atoms with Gasteiger partial charge in [-0.25, -0.2) is 0 Å². The Balaban J connectivity index is 0.00000280. The number of carbonyl (C=O) groups excluding carboxylic acids is 1. The molecule has 0 radical (unpaired) electrons. The molecule has 1 aliphatic heterocycles. The Labute approximate surface area is 181 Å². The van der Waals surface area contributed by atoms with Gasteiger partial charge >= 0.3 is 18.9 Å². The average Bonchev–Trinajstić information content (AvgIpc) is 2.99. The second kappa shape index (κ2) is 10.3. The van der Waals surface area contributed by atoms with Crippen LogP contribution in [0.3, 0.4) is 0 Å². The van der Waals surface area contributed by atoms with Gasteiger partial charge in [0.2, 0.25) is 0 Å². The number of carboxylic acids is 1. The molecule has 2 aromatic rings. The van der Waals surface area contributed by atoms with Crippen molar-refractivity contribution in [2.45, 2.75) is 25.7 Å². The van der Waals surface area contributed by atoms with Gasteiger partial charge in [0.05, 0.1) is 23.7 Å². The summed E-state index contributed by atoms with van der Waals surface area (Å²) in [6.45, 7) is 4.42. The molecule has 0 bridgehead atoms. The zero-order chi connectivity index (χ0) is 19.4. The second-order valence-electron chi connectivity index (χ2n) is 6.74. The zero-order valence-corrected chi connectivity index (χ0v) is 17.4. The Bertz CT molecular complexity index is 827. The molecule has 1 aromatic carbocycles. The normalized spacial score (nSPS) is 15.5. The molecule has 0 unspecified atom stereocenters. The van der Waals surface area contributed by atoms with Crippen LogP contribution in [0.5, 0.6) is 0 Å². The minimum absolute atomic E-state index is 0. The Morgan fingerprint density at radius 2 is 1.96 bits per heavy atom. The van der Waals surface area contributed by atoms with Crippen LogP contribution < -0.4 is 24.0 Å². The fraction of sp³-hybridized carbons (Fsp3) is 0.381. The summed E-state index contributed by atoms with van der Waals surface area (Å²) in [5.41, 5.74) is 2.47. The number of benzene rings is 1. The Hall–Kier alpha value is -1.58. The number of hydrogen-bond donors (Lipinski definition) is 0. The summed E-state index contributed by atoms with van der Waals surface area (Å²) in [5.74, 6) is -0.872. The SMILES string of the molecule is CCO/C=C/c1c(C(=O)[O-])sc(F)c1-c1ccc(C2CCN(C)CC2)cc1.[Li+]. The van der Waals surface area contributed by atoms with E-state index in [0.29, 0.717) is 29.4 Å². The van der Waals surface area contributed by atoms with Crippen molar-refractivity contribution in [1.29, 1.82) is 0 Å². The van der Waals surface area contributed by atoms with Gasteiger partial charge in [0, 0.05) is 11.1 Å². The molecule has 1 fully saturated rings. The van der Waals surface area contributed by atoms with E-state index < -0.39 is 11.1 Å². The molecule has 0 atom stereocenters. The minimum Gasteiger partial charge on any atom is -0.544 e. The van der Waals surface area contributed by atoms with Gasteiger partial charge < -0.3 is 19.5 Å². The van der Waals surface area contributed by atoms with E-state index in [9.17, 15) is 14.3 Å². The van der Waals surface area contributed by atoms with E-state index in [1.807, 2.05) is 31.2 Å². The Morgan fingerprint density at radius 1 is 1.32 bits per heavy atom. The number of carbonyl (C=O) groups is 1. The van der Waals surface area contributed by atoms with Crippen molar-refractivity contribution in [2.24, 2.45) is 0 Å². The van der Waals surface area contributed by atoms with Gasteiger partial charge in [-0.05, 0) is 63.0 Å². The van der Waals surface area contributed by atoms with Crippen molar-refractivity contribution in [1.82, 2.24) is 4.90 Å². The smallest absolute Gasteiger partial charge is 0.544 e. The first kappa shape index (κ1) is 22.7. The molecule has 7 heteroatoms. The van der Waals surface area contributed by atoms with Gasteiger partial charge in [-0.2, -0.15) is 4.39 Å². The summed E-state index contributed by atoms with van der Waals surface area (Å²) >= 11 is 0.593. The number of piperidine rings is 1. The fourth-order valence-corrected chi connectivity index (χ4v) is 4.34. The van der Waals surface area contributed by atoms with Crippen LogP contribution in [0.4, 0.5) is 4.39 Å². The minimum atomic E-state index is -1.38. The predicted molar refractivity (Wildman–Crippen MR) is 104 cm³/mol. The van der Waals surface area contributed by atoms with E-state index in [1.54, 1.807) is 0 Å². The maximum absolute atomic E-state index is 14.6. The third-order valence-corrected chi connectivity index (χ3v) is 5.95. The van der Waals surface area contributed by atoms with Crippen LogP contribution in [0.1, 0.15) is 46.5 Å². The van der Waals surface area contributed by atoms with E-state index in [0.717, 1.165) is 25.9 Å². The molecule has 0 aliphatic carbocycles. The molecule has 144 valence electrons. The van der Waals surface area contributed by atoms with Gasteiger partial charge in [-0.3, -0.25) is 0 Å². The van der Waals surface area contributed by atoms with Crippen LogP contribution in [0.25, 0.3) is 17.2 Å². The number of carboxylic acid groups (broad SMARTS) is 1. The summed E-state index contributed by atoms with van der Waals surface area (Å²) in [4.78, 5) is 13.6. The Morgan fingerprint density at radius 3 is 2.54 bits per heavy atom. The van der Waals surface area contributed by atoms with Crippen LogP contribution in [-0.4, -0.2) is 37.6 Å². The molecule has 0 amide bonds. The first-order chi connectivity index (χ1) is 13.0. The van der Waals surface area contributed by atoms with Gasteiger partial charge in [0.15, 0.2) is 5.13 Å². The number of ether oxygens (including phenoxy) is 1. The van der Waals surface area contributed by atoms with E-state index in [4.69, 9.17) is 4.74 Å².